The van der Waals surface area contributed by atoms with E-state index in [0.29, 0.717) is 12.3 Å². The van der Waals surface area contributed by atoms with E-state index in [1.165, 1.54) is 19.2 Å². The molecule has 0 atom stereocenters. The van der Waals surface area contributed by atoms with Crippen LogP contribution in [-0.4, -0.2) is 51.1 Å². The lowest BCUT2D eigenvalue weighted by Gasteiger charge is -2.22. The largest absolute Gasteiger partial charge is 0.497 e. The molecule has 0 fully saturated rings. The van der Waals surface area contributed by atoms with Gasteiger partial charge < -0.3 is 14.5 Å². The first-order valence-corrected chi connectivity index (χ1v) is 5.66. The van der Waals surface area contributed by atoms with Crippen LogP contribution in [0.4, 0.5) is 4.39 Å². The fourth-order valence-electron chi connectivity index (χ4n) is 1.67. The van der Waals surface area contributed by atoms with Crippen molar-refractivity contribution in [2.75, 3.05) is 35.3 Å². The predicted octanol–water partition coefficient (Wildman–Crippen LogP) is 2.43. The second-order valence-electron chi connectivity index (χ2n) is 4.40. The van der Waals surface area contributed by atoms with Gasteiger partial charge in [-0.25, -0.2) is 9.38 Å². The van der Waals surface area contributed by atoms with Crippen LogP contribution in [0.5, 0.6) is 5.75 Å². The Labute approximate surface area is 131 Å². The van der Waals surface area contributed by atoms with E-state index in [1.807, 2.05) is 38.0 Å². The van der Waals surface area contributed by atoms with Crippen LogP contribution in [-0.2, 0) is 6.54 Å². The van der Waals surface area contributed by atoms with Gasteiger partial charge in [0.2, 0.25) is 0 Å². The van der Waals surface area contributed by atoms with Crippen molar-refractivity contribution >= 4 is 29.9 Å². The molecule has 0 N–H and O–H groups in total. The molecule has 4 nitrogen and oxygen atoms in total. The fraction of sp³-hybridized carbons (Fsp3) is 0.462. The molecule has 0 aliphatic heterocycles. The fourth-order valence-corrected chi connectivity index (χ4v) is 1.67. The minimum absolute atomic E-state index is 0. The summed E-state index contributed by atoms with van der Waals surface area (Å²) in [5, 5.41) is 0. The zero-order valence-electron chi connectivity index (χ0n) is 12.0. The normalized spacial score (nSPS) is 9.37. The third-order valence-electron chi connectivity index (χ3n) is 2.37. The van der Waals surface area contributed by atoms with Gasteiger partial charge in [0, 0.05) is 34.3 Å². The molecule has 0 bridgehead atoms. The predicted molar refractivity (Wildman–Crippen MR) is 86.9 cm³/mol. The highest BCUT2D eigenvalue weighted by Crippen LogP contribution is 2.16. The summed E-state index contributed by atoms with van der Waals surface area (Å²) in [4.78, 5) is 8.28. The number of halogens is 2. The monoisotopic (exact) mass is 381 g/mol. The molecule has 0 radical (unpaired) electrons. The number of nitrogens with zero attached hydrogens (tertiary/aromatic N) is 3. The Morgan fingerprint density at radius 3 is 2.21 bits per heavy atom. The Morgan fingerprint density at radius 2 is 1.74 bits per heavy atom. The van der Waals surface area contributed by atoms with Gasteiger partial charge in [0.15, 0.2) is 5.96 Å². The summed E-state index contributed by atoms with van der Waals surface area (Å²) in [5.41, 5.74) is 0.785. The highest BCUT2D eigenvalue weighted by Gasteiger charge is 2.05. The van der Waals surface area contributed by atoms with Gasteiger partial charge in [-0.05, 0) is 17.7 Å². The van der Waals surface area contributed by atoms with Gasteiger partial charge in [0.1, 0.15) is 11.6 Å². The number of rotatable bonds is 3. The Morgan fingerprint density at radius 1 is 1.16 bits per heavy atom. The first-order valence-electron chi connectivity index (χ1n) is 5.66. The van der Waals surface area contributed by atoms with Crippen molar-refractivity contribution in [2.45, 2.75) is 6.54 Å². The van der Waals surface area contributed by atoms with Crippen LogP contribution in [0.3, 0.4) is 0 Å². The van der Waals surface area contributed by atoms with Crippen LogP contribution in [0.1, 0.15) is 5.56 Å². The summed E-state index contributed by atoms with van der Waals surface area (Å²) >= 11 is 0. The third-order valence-corrected chi connectivity index (χ3v) is 2.37. The number of aliphatic imine (C=N–C) groups is 1. The lowest BCUT2D eigenvalue weighted by molar-refractivity contribution is 0.410. The van der Waals surface area contributed by atoms with Crippen LogP contribution in [0.15, 0.2) is 23.2 Å². The SMILES string of the molecule is COc1cc(F)cc(CN=C(N(C)C)N(C)C)c1.I. The summed E-state index contributed by atoms with van der Waals surface area (Å²) < 4.78 is 18.3. The molecular weight excluding hydrogens is 360 g/mol. The van der Waals surface area contributed by atoms with Crippen LogP contribution < -0.4 is 4.74 Å². The second kappa shape index (κ2) is 8.19. The molecule has 0 heterocycles. The minimum atomic E-state index is -0.309. The van der Waals surface area contributed by atoms with E-state index in [4.69, 9.17) is 4.74 Å². The van der Waals surface area contributed by atoms with E-state index in [9.17, 15) is 4.39 Å². The van der Waals surface area contributed by atoms with Crippen LogP contribution in [0.25, 0.3) is 0 Å². The van der Waals surface area contributed by atoms with Gasteiger partial charge in [-0.1, -0.05) is 0 Å². The van der Waals surface area contributed by atoms with Crippen LogP contribution in [0, 0.1) is 5.82 Å². The lowest BCUT2D eigenvalue weighted by atomic mass is 10.2. The molecule has 0 amide bonds. The number of methoxy groups -OCH3 is 1. The average Bonchev–Trinajstić information content (AvgIpc) is 2.27. The molecule has 1 aromatic rings. The minimum Gasteiger partial charge on any atom is -0.497 e. The molecule has 1 rings (SSSR count). The van der Waals surface area contributed by atoms with Crippen molar-refractivity contribution in [1.29, 1.82) is 0 Å². The molecule has 0 unspecified atom stereocenters. The Hall–Kier alpha value is -1.05. The van der Waals surface area contributed by atoms with E-state index in [-0.39, 0.29) is 29.8 Å². The highest BCUT2D eigenvalue weighted by molar-refractivity contribution is 14.0. The zero-order chi connectivity index (χ0) is 13.7. The van der Waals surface area contributed by atoms with Crippen molar-refractivity contribution in [3.05, 3.63) is 29.6 Å². The first kappa shape index (κ1) is 17.9. The molecule has 108 valence electrons. The number of benzene rings is 1. The molecule has 1 aromatic carbocycles. The lowest BCUT2D eigenvalue weighted by Crippen LogP contribution is -2.35. The molecule has 0 saturated heterocycles. The van der Waals surface area contributed by atoms with E-state index in [2.05, 4.69) is 4.99 Å². The van der Waals surface area contributed by atoms with E-state index in [1.54, 1.807) is 6.07 Å². The summed E-state index contributed by atoms with van der Waals surface area (Å²) in [6, 6.07) is 4.61. The van der Waals surface area contributed by atoms with Crippen molar-refractivity contribution in [2.24, 2.45) is 4.99 Å². The molecular formula is C13H21FIN3O. The van der Waals surface area contributed by atoms with Gasteiger partial charge in [0.05, 0.1) is 13.7 Å². The maximum absolute atomic E-state index is 13.3. The smallest absolute Gasteiger partial charge is 0.195 e. The standard InChI is InChI=1S/C13H20FN3O.HI/c1-16(2)13(17(3)4)15-9-10-6-11(14)8-12(7-10)18-5;/h6-8H,9H2,1-5H3;1H. The molecule has 0 spiro atoms. The summed E-state index contributed by atoms with van der Waals surface area (Å²) in [7, 11) is 9.21. The molecule has 0 saturated carbocycles. The quantitative estimate of drug-likeness (QED) is 0.458. The summed E-state index contributed by atoms with van der Waals surface area (Å²) in [6.45, 7) is 0.416. The second-order valence-corrected chi connectivity index (χ2v) is 4.40. The average molecular weight is 381 g/mol. The van der Waals surface area contributed by atoms with Gasteiger partial charge in [-0.3, -0.25) is 0 Å². The maximum atomic E-state index is 13.3. The summed E-state index contributed by atoms with van der Waals surface area (Å²) in [5.74, 6) is 1.03. The molecule has 0 aromatic heterocycles. The highest BCUT2D eigenvalue weighted by atomic mass is 127. The topological polar surface area (TPSA) is 28.1 Å². The number of hydrogen-bond donors (Lipinski definition) is 0. The van der Waals surface area contributed by atoms with Crippen molar-refractivity contribution in [3.8, 4) is 5.75 Å². The molecule has 6 heteroatoms. The van der Waals surface area contributed by atoms with Gasteiger partial charge >= 0.3 is 0 Å². The molecule has 0 aliphatic carbocycles. The van der Waals surface area contributed by atoms with Crippen LogP contribution >= 0.6 is 24.0 Å². The van der Waals surface area contributed by atoms with Gasteiger partial charge in [-0.2, -0.15) is 0 Å². The third kappa shape index (κ3) is 5.63. The Balaban J connectivity index is 0.00000324. The zero-order valence-corrected chi connectivity index (χ0v) is 14.3. The number of hydrogen-bond acceptors (Lipinski definition) is 2. The van der Waals surface area contributed by atoms with Gasteiger partial charge in [-0.15, -0.1) is 24.0 Å². The van der Waals surface area contributed by atoms with Crippen LogP contribution in [0.2, 0.25) is 0 Å². The maximum Gasteiger partial charge on any atom is 0.195 e. The Kier molecular flexibility index (Phi) is 7.73. The molecule has 0 aliphatic rings. The number of guanidine groups is 1. The molecule has 19 heavy (non-hydrogen) atoms. The van der Waals surface area contributed by atoms with E-state index in [0.717, 1.165) is 11.5 Å². The summed E-state index contributed by atoms with van der Waals surface area (Å²) in [6.07, 6.45) is 0. The van der Waals surface area contributed by atoms with E-state index >= 15 is 0 Å². The number of ether oxygens (including phenoxy) is 1. The van der Waals surface area contributed by atoms with Crippen molar-refractivity contribution < 1.29 is 9.13 Å². The first-order chi connectivity index (χ1) is 8.43. The van der Waals surface area contributed by atoms with E-state index < -0.39 is 0 Å². The van der Waals surface area contributed by atoms with Gasteiger partial charge in [0.25, 0.3) is 0 Å². The van der Waals surface area contributed by atoms with Crippen molar-refractivity contribution in [3.63, 3.8) is 0 Å². The Bertz CT molecular complexity index is 426. The van der Waals surface area contributed by atoms with Crippen molar-refractivity contribution in [1.82, 2.24) is 9.80 Å².